The number of ketones is 1. The highest BCUT2D eigenvalue weighted by Crippen LogP contribution is 2.40. The molecule has 0 saturated carbocycles. The second-order valence-electron chi connectivity index (χ2n) is 8.49. The summed E-state index contributed by atoms with van der Waals surface area (Å²) < 4.78 is 0. The van der Waals surface area contributed by atoms with Crippen LogP contribution >= 0.6 is 0 Å². The standard InChI is InChI=1S/C18H29NO3/c1-16(2,3)12-9-11(15(21)18(7,8)19-22)10-13(14(12)20)17(4,5)6/h9-10,19-20,22H,1-8H3. The van der Waals surface area contributed by atoms with E-state index in [1.807, 2.05) is 41.5 Å². The summed E-state index contributed by atoms with van der Waals surface area (Å²) in [4.78, 5) is 12.7. The molecular weight excluding hydrogens is 278 g/mol. The van der Waals surface area contributed by atoms with Crippen molar-refractivity contribution in [3.63, 3.8) is 0 Å². The number of hydrogen-bond acceptors (Lipinski definition) is 4. The topological polar surface area (TPSA) is 69.6 Å². The number of hydrogen-bond donors (Lipinski definition) is 3. The number of nitrogens with one attached hydrogen (secondary N) is 1. The minimum atomic E-state index is -1.08. The van der Waals surface area contributed by atoms with E-state index in [2.05, 4.69) is 5.48 Å². The Bertz CT molecular complexity index is 540. The number of hydroxylamine groups is 1. The summed E-state index contributed by atoms with van der Waals surface area (Å²) in [7, 11) is 0. The van der Waals surface area contributed by atoms with Crippen LogP contribution in [0.5, 0.6) is 5.75 Å². The number of phenols is 1. The van der Waals surface area contributed by atoms with Crippen LogP contribution in [-0.4, -0.2) is 21.6 Å². The van der Waals surface area contributed by atoms with E-state index in [9.17, 15) is 15.1 Å². The van der Waals surface area contributed by atoms with Crippen LogP contribution in [0.4, 0.5) is 0 Å². The molecule has 0 amide bonds. The number of carbonyl (C=O) groups is 1. The predicted octanol–water partition coefficient (Wildman–Crippen LogP) is 3.93. The predicted molar refractivity (Wildman–Crippen MR) is 88.8 cm³/mol. The lowest BCUT2D eigenvalue weighted by molar-refractivity contribution is 0.0569. The average Bonchev–Trinajstić information content (AvgIpc) is 2.35. The minimum Gasteiger partial charge on any atom is -0.507 e. The lowest BCUT2D eigenvalue weighted by Gasteiger charge is -2.29. The Labute approximate surface area is 133 Å². The lowest BCUT2D eigenvalue weighted by Crippen LogP contribution is -2.45. The third-order valence-electron chi connectivity index (χ3n) is 3.84. The molecule has 3 N–H and O–H groups in total. The molecule has 1 aromatic rings. The van der Waals surface area contributed by atoms with Crippen molar-refractivity contribution in [2.24, 2.45) is 0 Å². The molecule has 0 fully saturated rings. The highest BCUT2D eigenvalue weighted by Gasteiger charge is 2.32. The Hall–Kier alpha value is -1.39. The van der Waals surface area contributed by atoms with Crippen LogP contribution in [0.15, 0.2) is 12.1 Å². The molecule has 22 heavy (non-hydrogen) atoms. The van der Waals surface area contributed by atoms with Gasteiger partial charge in [0.2, 0.25) is 0 Å². The van der Waals surface area contributed by atoms with Crippen molar-refractivity contribution in [2.75, 3.05) is 0 Å². The van der Waals surface area contributed by atoms with Gasteiger partial charge in [-0.3, -0.25) is 4.79 Å². The molecule has 0 bridgehead atoms. The fraction of sp³-hybridized carbons (Fsp3) is 0.611. The van der Waals surface area contributed by atoms with Crippen molar-refractivity contribution >= 4 is 5.78 Å². The van der Waals surface area contributed by atoms with E-state index in [1.165, 1.54) is 0 Å². The summed E-state index contributed by atoms with van der Waals surface area (Å²) in [6, 6.07) is 3.46. The van der Waals surface area contributed by atoms with Gasteiger partial charge >= 0.3 is 0 Å². The fourth-order valence-electron chi connectivity index (χ4n) is 2.32. The number of aromatic hydroxyl groups is 1. The number of rotatable bonds is 3. The smallest absolute Gasteiger partial charge is 0.184 e. The van der Waals surface area contributed by atoms with E-state index < -0.39 is 5.54 Å². The lowest BCUT2D eigenvalue weighted by atomic mass is 9.77. The van der Waals surface area contributed by atoms with Gasteiger partial charge in [-0.15, -0.1) is 0 Å². The van der Waals surface area contributed by atoms with Crippen LogP contribution < -0.4 is 5.48 Å². The zero-order valence-corrected chi connectivity index (χ0v) is 15.0. The number of carbonyl (C=O) groups excluding carboxylic acids is 1. The third kappa shape index (κ3) is 3.68. The second-order valence-corrected chi connectivity index (χ2v) is 8.49. The van der Waals surface area contributed by atoms with Gasteiger partial charge in [-0.2, -0.15) is 5.48 Å². The van der Waals surface area contributed by atoms with Crippen molar-refractivity contribution in [1.29, 1.82) is 0 Å². The van der Waals surface area contributed by atoms with Crippen LogP contribution in [-0.2, 0) is 10.8 Å². The number of Topliss-reactive ketones (excluding diaryl/α,β-unsaturated/α-hetero) is 1. The monoisotopic (exact) mass is 307 g/mol. The summed E-state index contributed by atoms with van der Waals surface area (Å²) in [6.07, 6.45) is 0. The first kappa shape index (κ1) is 18.7. The van der Waals surface area contributed by atoms with E-state index in [0.29, 0.717) is 5.56 Å². The molecule has 0 spiro atoms. The molecule has 0 heterocycles. The summed E-state index contributed by atoms with van der Waals surface area (Å²) in [5.41, 5.74) is 2.34. The summed E-state index contributed by atoms with van der Waals surface area (Å²) in [6.45, 7) is 15.2. The van der Waals surface area contributed by atoms with Crippen molar-refractivity contribution in [3.8, 4) is 5.75 Å². The molecule has 0 aromatic heterocycles. The van der Waals surface area contributed by atoms with Gasteiger partial charge in [0, 0.05) is 16.7 Å². The van der Waals surface area contributed by atoms with Crippen LogP contribution in [0.2, 0.25) is 0 Å². The zero-order valence-electron chi connectivity index (χ0n) is 15.0. The first-order chi connectivity index (χ1) is 9.71. The number of phenolic OH excluding ortho intramolecular Hbond substituents is 1. The van der Waals surface area contributed by atoms with E-state index >= 15 is 0 Å². The molecule has 0 radical (unpaired) electrons. The Balaban J connectivity index is 3.66. The molecule has 0 aliphatic rings. The Morgan fingerprint density at radius 2 is 1.27 bits per heavy atom. The molecule has 4 nitrogen and oxygen atoms in total. The van der Waals surface area contributed by atoms with Gasteiger partial charge in [-0.25, -0.2) is 0 Å². The van der Waals surface area contributed by atoms with Crippen molar-refractivity contribution < 1.29 is 15.1 Å². The van der Waals surface area contributed by atoms with E-state index in [1.54, 1.807) is 26.0 Å². The molecule has 0 atom stereocenters. The van der Waals surface area contributed by atoms with E-state index in [4.69, 9.17) is 0 Å². The van der Waals surface area contributed by atoms with Crippen LogP contribution in [0.1, 0.15) is 76.9 Å². The first-order valence-electron chi connectivity index (χ1n) is 7.56. The maximum atomic E-state index is 12.7. The number of benzene rings is 1. The fourth-order valence-corrected chi connectivity index (χ4v) is 2.32. The average molecular weight is 307 g/mol. The maximum Gasteiger partial charge on any atom is 0.184 e. The van der Waals surface area contributed by atoms with Gasteiger partial charge in [0.25, 0.3) is 0 Å². The molecular formula is C18H29NO3. The molecule has 1 aromatic carbocycles. The Kier molecular flexibility index (Phi) is 4.81. The van der Waals surface area contributed by atoms with Gasteiger partial charge in [-0.05, 0) is 36.8 Å². The quantitative estimate of drug-likeness (QED) is 0.584. The normalized spacial score (nSPS) is 13.3. The molecule has 0 unspecified atom stereocenters. The van der Waals surface area contributed by atoms with Gasteiger partial charge in [0.1, 0.15) is 11.3 Å². The largest absolute Gasteiger partial charge is 0.507 e. The van der Waals surface area contributed by atoms with Crippen LogP contribution in [0.25, 0.3) is 0 Å². The van der Waals surface area contributed by atoms with Crippen LogP contribution in [0.3, 0.4) is 0 Å². The molecule has 0 aliphatic carbocycles. The Morgan fingerprint density at radius 3 is 1.55 bits per heavy atom. The molecule has 124 valence electrons. The zero-order chi connectivity index (χ0) is 17.5. The highest BCUT2D eigenvalue weighted by molar-refractivity contribution is 6.03. The second kappa shape index (κ2) is 5.67. The van der Waals surface area contributed by atoms with Crippen molar-refractivity contribution in [3.05, 3.63) is 28.8 Å². The Morgan fingerprint density at radius 1 is 0.909 bits per heavy atom. The summed E-state index contributed by atoms with van der Waals surface area (Å²) in [5.74, 6) is 0.0253. The summed E-state index contributed by atoms with van der Waals surface area (Å²) in [5, 5.41) is 19.9. The molecule has 1 rings (SSSR count). The maximum absolute atomic E-state index is 12.7. The van der Waals surface area contributed by atoms with Gasteiger partial charge < -0.3 is 10.3 Å². The minimum absolute atomic E-state index is 0.217. The first-order valence-corrected chi connectivity index (χ1v) is 7.56. The van der Waals surface area contributed by atoms with Gasteiger partial charge in [0.15, 0.2) is 5.78 Å². The third-order valence-corrected chi connectivity index (χ3v) is 3.84. The van der Waals surface area contributed by atoms with E-state index in [0.717, 1.165) is 11.1 Å². The van der Waals surface area contributed by atoms with Crippen molar-refractivity contribution in [2.45, 2.75) is 71.8 Å². The van der Waals surface area contributed by atoms with Crippen molar-refractivity contribution in [1.82, 2.24) is 5.48 Å². The van der Waals surface area contributed by atoms with E-state index in [-0.39, 0.29) is 22.4 Å². The highest BCUT2D eigenvalue weighted by atomic mass is 16.5. The van der Waals surface area contributed by atoms with Gasteiger partial charge in [-0.1, -0.05) is 41.5 Å². The molecule has 4 heteroatoms. The SMILES string of the molecule is CC(C)(NO)C(=O)c1cc(C(C)(C)C)c(O)c(C(C)(C)C)c1. The molecule has 0 aliphatic heterocycles. The van der Waals surface area contributed by atoms with Gasteiger partial charge in [0.05, 0.1) is 0 Å². The molecule has 0 saturated heterocycles. The van der Waals surface area contributed by atoms with Crippen LogP contribution in [0, 0.1) is 0 Å². The summed E-state index contributed by atoms with van der Waals surface area (Å²) >= 11 is 0.